The summed E-state index contributed by atoms with van der Waals surface area (Å²) in [5.74, 6) is 5.54. The van der Waals surface area contributed by atoms with E-state index in [1.54, 1.807) is 41.5 Å². The second-order valence-corrected chi connectivity index (χ2v) is 42.5. The molecule has 0 spiro atoms. The molecule has 6 N–H and O–H groups in total. The fourth-order valence-electron chi connectivity index (χ4n) is 7.50. The van der Waals surface area contributed by atoms with Gasteiger partial charge in [0, 0.05) is 68.0 Å². The van der Waals surface area contributed by atoms with E-state index in [-0.39, 0.29) is 62.9 Å². The van der Waals surface area contributed by atoms with E-state index in [0.717, 1.165) is 0 Å². The van der Waals surface area contributed by atoms with Crippen LogP contribution in [0.1, 0.15) is 88.5 Å². The Bertz CT molecular complexity index is 3310. The Balaban J connectivity index is -0.00000123. The Labute approximate surface area is 604 Å². The van der Waals surface area contributed by atoms with Gasteiger partial charge in [-0.1, -0.05) is 19.3 Å². The molecule has 2 amide bonds. The number of methoxy groups -OCH3 is 1. The predicted octanol–water partition coefficient (Wildman–Crippen LogP) is -4.24. The number of phosphoric ester groups is 4. The molecule has 61 heteroatoms. The Morgan fingerprint density at radius 1 is 0.410 bits per heavy atom. The molecule has 24 atom stereocenters. The van der Waals surface area contributed by atoms with Crippen molar-refractivity contribution in [3.05, 3.63) is 0 Å². The monoisotopic (exact) mass is 1760 g/mol. The number of phosphoric acid groups is 6. The van der Waals surface area contributed by atoms with Crippen LogP contribution >= 0.6 is 92.5 Å². The van der Waals surface area contributed by atoms with Crippen LogP contribution in [0.2, 0.25) is 0 Å². The second-order valence-electron chi connectivity index (χ2n) is 21.0. The van der Waals surface area contributed by atoms with Crippen molar-refractivity contribution in [3.8, 4) is 23.7 Å². The van der Waals surface area contributed by atoms with Gasteiger partial charge in [-0.25, -0.2) is 8.62 Å². The molecule has 4 rings (SSSR count). The van der Waals surface area contributed by atoms with Crippen LogP contribution in [0.4, 0.5) is 0 Å². The van der Waals surface area contributed by atoms with E-state index in [0.29, 0.717) is 40.8 Å². The summed E-state index contributed by atoms with van der Waals surface area (Å²) in [7, 11) is -60.0. The summed E-state index contributed by atoms with van der Waals surface area (Å²) in [6.07, 6.45) is -6.63. The van der Waals surface area contributed by atoms with E-state index in [1.807, 2.05) is 0 Å². The first-order valence-corrected chi connectivity index (χ1v) is 47.8. The van der Waals surface area contributed by atoms with Crippen LogP contribution in [-0.2, 0) is 141 Å². The maximum Gasteiger partial charge on any atom is 0.280 e. The van der Waals surface area contributed by atoms with Crippen molar-refractivity contribution in [3.63, 3.8) is 0 Å². The normalized spacial score (nSPS) is 29.4. The molecule has 4 fully saturated rings. The molecule has 4 aliphatic heterocycles. The van der Waals surface area contributed by atoms with E-state index in [1.165, 1.54) is 21.0 Å². The zero-order valence-electron chi connectivity index (χ0n) is 56.8. The molecule has 16 unspecified atom stereocenters. The van der Waals surface area contributed by atoms with Gasteiger partial charge >= 0.3 is 0 Å². The van der Waals surface area contributed by atoms with E-state index in [9.17, 15) is 138 Å². The van der Waals surface area contributed by atoms with E-state index >= 15 is 0 Å². The third kappa shape index (κ3) is 54.0. The van der Waals surface area contributed by atoms with Crippen molar-refractivity contribution in [2.75, 3.05) is 85.7 Å². The Morgan fingerprint density at radius 2 is 0.676 bits per heavy atom. The first-order chi connectivity index (χ1) is 46.9. The molecular weight excluding hydrogens is 1680 g/mol. The lowest BCUT2D eigenvalue weighted by molar-refractivity contribution is -0.252. The highest BCUT2D eigenvalue weighted by Gasteiger charge is 2.38. The van der Waals surface area contributed by atoms with Crippen molar-refractivity contribution in [1.29, 1.82) is 0 Å². The van der Waals surface area contributed by atoms with Gasteiger partial charge in [0.1, 0.15) is 47.2 Å². The minimum Gasteiger partial charge on any atom is -0.778 e. The van der Waals surface area contributed by atoms with Crippen LogP contribution in [0.3, 0.4) is 0 Å². The second kappa shape index (κ2) is 48.7. The van der Waals surface area contributed by atoms with Crippen molar-refractivity contribution in [2.45, 2.75) is 162 Å². The number of ether oxygens (including phenoxy) is 5. The third-order valence-corrected chi connectivity index (χ3v) is 32.0. The smallest absolute Gasteiger partial charge is 0.280 e. The standard InChI is InChI=1S/C8H19O12P3.2C8H19O11P3.C7H17O11P3.2C6H9NO.CH4/c1-6-4-7(15-2)8(18-6)5-17-22(11,12)20-23(13,14)19-21(9,10)16-3;2*1-6-3-7(9)8(18-6)4-17-20(10,11)5-21(12,13)19-22(14,15)16-2;1-5-2-6(8)7(17-5)3-16-19(9,10)4-20(11,12)18-21(13,14)15;2*1-3-4-5-7-6(2)8;/h6-8H,4-5H2,1-3H3,(H,9,10)(H,11,12)(H,13,14);2*6-9H,3-5H2,1-2H3,(H,10,11)(H,12,13)(H,14,15);5-8H,2-4H2,1H3,(H,9,10)(H,11,12)(H2,13,14,15);2*5H2,1-2H3,(H,7,8);1H4/p-12/t3*6-,7?,8+;5-,6?,7+;;;/m0000.../s1. The number of amides is 2. The first-order valence-electron chi connectivity index (χ1n) is 28.6. The molecule has 0 saturated carbocycles. The zero-order valence-corrected chi connectivity index (χ0v) is 67.6. The fourth-order valence-corrected chi connectivity index (χ4v) is 24.1. The Hall–Kier alpha value is -0.500. The zero-order chi connectivity index (χ0) is 81.5. The molecule has 0 aromatic carbocycles. The summed E-state index contributed by atoms with van der Waals surface area (Å²) >= 11 is 0. The number of hydrogen-bond acceptors (Lipinski definition) is 46. The van der Waals surface area contributed by atoms with Crippen LogP contribution in [-0.4, -0.2) is 191 Å². The minimum absolute atomic E-state index is 0. The van der Waals surface area contributed by atoms with E-state index in [2.05, 4.69) is 87.5 Å². The molecule has 4 saturated heterocycles. The van der Waals surface area contributed by atoms with Gasteiger partial charge in [-0.05, 0) is 41.5 Å². The third-order valence-electron chi connectivity index (χ3n) is 11.6. The molecule has 0 aromatic heterocycles. The number of carbonyl (C=O) groups excluding carboxylic acids is 2. The van der Waals surface area contributed by atoms with Gasteiger partial charge in [0.15, 0.2) is 22.8 Å². The molecule has 0 radical (unpaired) electrons. The number of aliphatic hydroxyl groups is 3. The predicted molar refractivity (Wildman–Crippen MR) is 334 cm³/mol. The lowest BCUT2D eigenvalue weighted by atomic mass is 10.1. The average molecular weight is 1760 g/mol. The molecular formula is C44H84N2O47P12-12. The largest absolute Gasteiger partial charge is 0.778 e. The lowest BCUT2D eigenvalue weighted by Crippen LogP contribution is -2.29. The van der Waals surface area contributed by atoms with Crippen LogP contribution in [0.15, 0.2) is 0 Å². The Morgan fingerprint density at radius 3 is 0.933 bits per heavy atom. The number of hydrogen-bond donors (Lipinski definition) is 6. The van der Waals surface area contributed by atoms with Gasteiger partial charge < -0.3 is 172 Å². The van der Waals surface area contributed by atoms with Gasteiger partial charge in [0.25, 0.3) is 46.9 Å². The number of aliphatic hydroxyl groups excluding tert-OH is 3. The summed E-state index contributed by atoms with van der Waals surface area (Å²) in [5.41, 5.74) is 0. The maximum atomic E-state index is 11.5. The van der Waals surface area contributed by atoms with Crippen LogP contribution in [0.5, 0.6) is 0 Å². The van der Waals surface area contributed by atoms with Gasteiger partial charge in [-0.15, -0.1) is 11.8 Å². The molecule has 0 aromatic rings. The van der Waals surface area contributed by atoms with Crippen molar-refractivity contribution < 1.29 is 220 Å². The van der Waals surface area contributed by atoms with Crippen LogP contribution in [0.25, 0.3) is 0 Å². The molecule has 4 aliphatic rings. The quantitative estimate of drug-likeness (QED) is 0.0263. The lowest BCUT2D eigenvalue weighted by Gasteiger charge is -2.35. The van der Waals surface area contributed by atoms with Gasteiger partial charge in [0.05, 0.1) is 106 Å². The molecule has 0 bridgehead atoms. The van der Waals surface area contributed by atoms with Gasteiger partial charge in [-0.2, -0.15) is 0 Å². The first kappa shape index (κ1) is 109. The van der Waals surface area contributed by atoms with Crippen molar-refractivity contribution >= 4 is 104 Å². The summed E-state index contributed by atoms with van der Waals surface area (Å²) in [6.45, 7) is 11.7. The summed E-state index contributed by atoms with van der Waals surface area (Å²) < 4.78 is 206. The molecule has 0 aliphatic carbocycles. The van der Waals surface area contributed by atoms with Crippen LogP contribution in [0, 0.1) is 23.7 Å². The summed E-state index contributed by atoms with van der Waals surface area (Å²) in [5, 5.41) is 33.6. The van der Waals surface area contributed by atoms with Crippen molar-refractivity contribution in [1.82, 2.24) is 10.6 Å². The fraction of sp³-hybridized carbons (Fsp3) is 0.864. The highest BCUT2D eigenvalue weighted by molar-refractivity contribution is 7.74. The number of carbonyl (C=O) groups is 2. The number of nitrogens with one attached hydrogen (secondary N) is 2. The van der Waals surface area contributed by atoms with Crippen LogP contribution < -0.4 is 69.4 Å². The maximum absolute atomic E-state index is 11.5. The van der Waals surface area contributed by atoms with Crippen molar-refractivity contribution in [2.24, 2.45) is 0 Å². The molecule has 4 heterocycles. The van der Waals surface area contributed by atoms with Gasteiger partial charge in [0.2, 0.25) is 11.8 Å². The summed E-state index contributed by atoms with van der Waals surface area (Å²) in [6, 6.07) is 0. The van der Waals surface area contributed by atoms with E-state index < -0.39 is 185 Å². The number of rotatable bonds is 34. The highest BCUT2D eigenvalue weighted by atomic mass is 31.3. The molecule has 49 nitrogen and oxygen atoms in total. The minimum atomic E-state index is -5.77. The average Bonchev–Trinajstić information content (AvgIpc) is 1.68. The van der Waals surface area contributed by atoms with Gasteiger partial charge in [-0.3, -0.25) is 49.9 Å². The molecule has 624 valence electrons. The summed E-state index contributed by atoms with van der Waals surface area (Å²) in [4.78, 5) is 162. The highest BCUT2D eigenvalue weighted by Crippen LogP contribution is 2.65. The SMILES string of the molecule is C.CC#CCNC(C)=O.CC#CCNC(C)=O.COC1C[C@H](C)O[C@@H]1COP(=O)([O-])OP(=O)([O-])OP(=O)([O-])OC.COP(=O)([O-])OP(=O)([O-])CP(=O)([O-])OC[C@H]1O[C@@H](C)CC1O.COP(=O)([O-])OP(=O)([O-])CP(=O)([O-])OC[C@H]1O[C@@H](C)CC1O.C[C@H]1CC(O)[C@@H](COP(=O)([O-])CP(=O)([O-])OP(=O)([O-])O)O1. The topological polar surface area (TPSA) is 778 Å². The van der Waals surface area contributed by atoms with E-state index in [4.69, 9.17) is 28.6 Å². The Kier molecular flexibility index (Phi) is 50.3. The molecule has 105 heavy (non-hydrogen) atoms.